The molecule has 0 saturated carbocycles. The molecule has 1 nitrogen and oxygen atoms in total. The highest BCUT2D eigenvalue weighted by molar-refractivity contribution is 5.78. The molecule has 0 aromatic rings. The Bertz CT molecular complexity index is 249. The van der Waals surface area contributed by atoms with Gasteiger partial charge in [-0.25, -0.2) is 0 Å². The van der Waals surface area contributed by atoms with Crippen molar-refractivity contribution >= 4 is 5.78 Å². The van der Waals surface area contributed by atoms with Crippen molar-refractivity contribution in [3.05, 3.63) is 0 Å². The first-order chi connectivity index (χ1) is 8.89. The summed E-state index contributed by atoms with van der Waals surface area (Å²) in [6, 6.07) is 0. The third-order valence-corrected chi connectivity index (χ3v) is 3.75. The normalized spacial score (nSPS) is 16.0. The van der Waals surface area contributed by atoms with Crippen molar-refractivity contribution in [1.29, 1.82) is 0 Å². The molecule has 1 heteroatoms. The van der Waals surface area contributed by atoms with Crippen molar-refractivity contribution < 1.29 is 4.79 Å². The molecule has 0 radical (unpaired) electrons. The zero-order valence-corrected chi connectivity index (χ0v) is 15.3. The molecule has 0 aliphatic rings. The van der Waals surface area contributed by atoms with Crippen LogP contribution in [-0.2, 0) is 4.79 Å². The minimum Gasteiger partial charge on any atom is -0.300 e. The molecule has 0 saturated heterocycles. The Hall–Kier alpha value is -0.330. The molecule has 0 fully saturated rings. The number of hydrogen-bond acceptors (Lipinski definition) is 1. The van der Waals surface area contributed by atoms with E-state index in [-0.39, 0.29) is 0 Å². The Morgan fingerprint density at radius 1 is 0.750 bits per heavy atom. The molecule has 120 valence electrons. The summed E-state index contributed by atoms with van der Waals surface area (Å²) in [5, 5.41) is 0. The molecule has 20 heavy (non-hydrogen) atoms. The number of carbonyl (C=O) groups is 1. The molecule has 0 spiro atoms. The van der Waals surface area contributed by atoms with Gasteiger partial charge in [0.15, 0.2) is 0 Å². The number of hydrogen-bond donors (Lipinski definition) is 0. The maximum Gasteiger partial charge on any atom is 0.132 e. The third kappa shape index (κ3) is 12.7. The fourth-order valence-corrected chi connectivity index (χ4v) is 3.23. The van der Waals surface area contributed by atoms with Crippen LogP contribution in [0.15, 0.2) is 0 Å². The SMILES string of the molecule is CC(CCC(=O)CCC(C)CC(C)(C)C)CC(C)(C)C. The van der Waals surface area contributed by atoms with Crippen molar-refractivity contribution in [3.8, 4) is 0 Å². The van der Waals surface area contributed by atoms with Gasteiger partial charge < -0.3 is 0 Å². The molecule has 0 aliphatic carbocycles. The topological polar surface area (TPSA) is 17.1 Å². The molecular weight excluding hydrogens is 244 g/mol. The maximum absolute atomic E-state index is 12.0. The van der Waals surface area contributed by atoms with E-state index in [2.05, 4.69) is 55.4 Å². The first kappa shape index (κ1) is 19.7. The Morgan fingerprint density at radius 2 is 1.05 bits per heavy atom. The second kappa shape index (κ2) is 8.20. The van der Waals surface area contributed by atoms with E-state index in [1.165, 1.54) is 12.8 Å². The first-order valence-electron chi connectivity index (χ1n) is 8.41. The second-order valence-corrected chi connectivity index (χ2v) is 9.36. The highest BCUT2D eigenvalue weighted by atomic mass is 16.1. The van der Waals surface area contributed by atoms with Gasteiger partial charge in [-0.3, -0.25) is 4.79 Å². The molecule has 0 heterocycles. The van der Waals surface area contributed by atoms with Crippen molar-refractivity contribution in [2.45, 2.75) is 93.9 Å². The minimum atomic E-state index is 0.379. The van der Waals surface area contributed by atoms with Crippen LogP contribution in [0.25, 0.3) is 0 Å². The van der Waals surface area contributed by atoms with Crippen molar-refractivity contribution in [2.24, 2.45) is 22.7 Å². The predicted octanol–water partition coefficient (Wildman–Crippen LogP) is 6.26. The summed E-state index contributed by atoms with van der Waals surface area (Å²) in [5.41, 5.74) is 0.757. The zero-order chi connectivity index (χ0) is 16.0. The number of ketones is 1. The molecule has 0 aromatic heterocycles. The lowest BCUT2D eigenvalue weighted by atomic mass is 9.82. The quantitative estimate of drug-likeness (QED) is 0.513. The molecule has 0 aromatic carbocycles. The van der Waals surface area contributed by atoms with Gasteiger partial charge in [0.1, 0.15) is 5.78 Å². The number of rotatable bonds is 8. The molecule has 2 unspecified atom stereocenters. The summed E-state index contributed by atoms with van der Waals surface area (Å²) in [5.74, 6) is 1.78. The minimum absolute atomic E-state index is 0.379. The van der Waals surface area contributed by atoms with Gasteiger partial charge in [0, 0.05) is 12.8 Å². The Labute approximate surface area is 127 Å². The molecule has 0 aliphatic heterocycles. The summed E-state index contributed by atoms with van der Waals surface area (Å²) >= 11 is 0. The van der Waals surface area contributed by atoms with E-state index in [9.17, 15) is 4.79 Å². The van der Waals surface area contributed by atoms with E-state index in [4.69, 9.17) is 0 Å². The third-order valence-electron chi connectivity index (χ3n) is 3.75. The summed E-state index contributed by atoms with van der Waals surface area (Å²) in [6.07, 6.45) is 6.09. The summed E-state index contributed by atoms with van der Waals surface area (Å²) < 4.78 is 0. The van der Waals surface area contributed by atoms with E-state index in [0.717, 1.165) is 25.7 Å². The average Bonchev–Trinajstić information content (AvgIpc) is 2.18. The number of carbonyl (C=O) groups excluding carboxylic acids is 1. The Kier molecular flexibility index (Phi) is 8.06. The predicted molar refractivity (Wildman–Crippen MR) is 89.9 cm³/mol. The lowest BCUT2D eigenvalue weighted by molar-refractivity contribution is -0.119. The molecule has 0 rings (SSSR count). The standard InChI is InChI=1S/C19H38O/c1-15(13-18(3,4)5)9-11-17(20)12-10-16(2)14-19(6,7)8/h15-16H,9-14H2,1-8H3. The lowest BCUT2D eigenvalue weighted by Crippen LogP contribution is -2.14. The van der Waals surface area contributed by atoms with Crippen molar-refractivity contribution in [1.82, 2.24) is 0 Å². The van der Waals surface area contributed by atoms with Crippen LogP contribution in [-0.4, -0.2) is 5.78 Å². The van der Waals surface area contributed by atoms with Crippen molar-refractivity contribution in [3.63, 3.8) is 0 Å². The maximum atomic E-state index is 12.0. The monoisotopic (exact) mass is 282 g/mol. The van der Waals surface area contributed by atoms with E-state index >= 15 is 0 Å². The Balaban J connectivity index is 3.84. The van der Waals surface area contributed by atoms with Gasteiger partial charge in [0.2, 0.25) is 0 Å². The molecule has 0 bridgehead atoms. The van der Waals surface area contributed by atoms with Crippen molar-refractivity contribution in [2.75, 3.05) is 0 Å². The zero-order valence-electron chi connectivity index (χ0n) is 15.3. The smallest absolute Gasteiger partial charge is 0.132 e. The van der Waals surface area contributed by atoms with Gasteiger partial charge in [0.05, 0.1) is 0 Å². The van der Waals surface area contributed by atoms with Crippen LogP contribution in [0.1, 0.15) is 93.9 Å². The van der Waals surface area contributed by atoms with Crippen LogP contribution in [0.2, 0.25) is 0 Å². The van der Waals surface area contributed by atoms with Gasteiger partial charge in [-0.15, -0.1) is 0 Å². The van der Waals surface area contributed by atoms with Gasteiger partial charge in [0.25, 0.3) is 0 Å². The van der Waals surface area contributed by atoms with Crippen LogP contribution in [0.4, 0.5) is 0 Å². The van der Waals surface area contributed by atoms with Gasteiger partial charge in [-0.1, -0.05) is 55.4 Å². The average molecular weight is 283 g/mol. The summed E-state index contributed by atoms with van der Waals surface area (Å²) in [6.45, 7) is 18.2. The summed E-state index contributed by atoms with van der Waals surface area (Å²) in [4.78, 5) is 12.0. The fourth-order valence-electron chi connectivity index (χ4n) is 3.23. The van der Waals surface area contributed by atoms with Gasteiger partial charge in [-0.05, 0) is 48.3 Å². The van der Waals surface area contributed by atoms with E-state index in [0.29, 0.717) is 28.4 Å². The van der Waals surface area contributed by atoms with Crippen LogP contribution in [0.3, 0.4) is 0 Å². The number of Topliss-reactive ketones (excluding diaryl/α,β-unsaturated/α-hetero) is 1. The van der Waals surface area contributed by atoms with Crippen LogP contribution in [0, 0.1) is 22.7 Å². The molecule has 0 amide bonds. The largest absolute Gasteiger partial charge is 0.300 e. The van der Waals surface area contributed by atoms with E-state index < -0.39 is 0 Å². The molecule has 0 N–H and O–H groups in total. The fraction of sp³-hybridized carbons (Fsp3) is 0.947. The van der Waals surface area contributed by atoms with E-state index in [1.807, 2.05) is 0 Å². The van der Waals surface area contributed by atoms with Crippen LogP contribution >= 0.6 is 0 Å². The lowest BCUT2D eigenvalue weighted by Gasteiger charge is -2.23. The van der Waals surface area contributed by atoms with Crippen LogP contribution < -0.4 is 0 Å². The Morgan fingerprint density at radius 3 is 1.30 bits per heavy atom. The van der Waals surface area contributed by atoms with Gasteiger partial charge >= 0.3 is 0 Å². The molecule has 2 atom stereocenters. The summed E-state index contributed by atoms with van der Waals surface area (Å²) in [7, 11) is 0. The first-order valence-corrected chi connectivity index (χ1v) is 8.41. The molecular formula is C19H38O. The highest BCUT2D eigenvalue weighted by Gasteiger charge is 2.18. The van der Waals surface area contributed by atoms with E-state index in [1.54, 1.807) is 0 Å². The van der Waals surface area contributed by atoms with Crippen LogP contribution in [0.5, 0.6) is 0 Å². The highest BCUT2D eigenvalue weighted by Crippen LogP contribution is 2.28. The second-order valence-electron chi connectivity index (χ2n) is 9.36. The van der Waals surface area contributed by atoms with Gasteiger partial charge in [-0.2, -0.15) is 0 Å².